The van der Waals surface area contributed by atoms with Crippen LogP contribution in [0.25, 0.3) is 0 Å². The molecule has 0 saturated carbocycles. The SMILES string of the molecule is CCOC(=O)C1CCCCN1Cc1ccc(Cl)s1. The topological polar surface area (TPSA) is 29.5 Å². The van der Waals surface area contributed by atoms with E-state index in [1.165, 1.54) is 4.88 Å². The summed E-state index contributed by atoms with van der Waals surface area (Å²) in [6.45, 7) is 4.05. The maximum Gasteiger partial charge on any atom is 0.323 e. The van der Waals surface area contributed by atoms with Crippen LogP contribution in [-0.4, -0.2) is 30.1 Å². The molecule has 3 nitrogen and oxygen atoms in total. The fourth-order valence-corrected chi connectivity index (χ4v) is 3.44. The van der Waals surface area contributed by atoms with Crippen LogP contribution in [0.3, 0.4) is 0 Å². The third-order valence-electron chi connectivity index (χ3n) is 3.16. The summed E-state index contributed by atoms with van der Waals surface area (Å²) in [6, 6.07) is 3.86. The fourth-order valence-electron chi connectivity index (χ4n) is 2.32. The molecule has 0 aromatic carbocycles. The van der Waals surface area contributed by atoms with E-state index < -0.39 is 0 Å². The average Bonchev–Trinajstić information content (AvgIpc) is 2.76. The number of hydrogen-bond acceptors (Lipinski definition) is 4. The van der Waals surface area contributed by atoms with E-state index in [0.717, 1.165) is 36.7 Å². The molecule has 1 aromatic heterocycles. The van der Waals surface area contributed by atoms with Gasteiger partial charge in [-0.25, -0.2) is 0 Å². The van der Waals surface area contributed by atoms with Crippen LogP contribution in [-0.2, 0) is 16.1 Å². The van der Waals surface area contributed by atoms with E-state index in [4.69, 9.17) is 16.3 Å². The van der Waals surface area contributed by atoms with Crippen LogP contribution in [0.2, 0.25) is 4.34 Å². The lowest BCUT2D eigenvalue weighted by Gasteiger charge is -2.33. The first-order valence-electron chi connectivity index (χ1n) is 6.35. The quantitative estimate of drug-likeness (QED) is 0.796. The van der Waals surface area contributed by atoms with Gasteiger partial charge in [0, 0.05) is 11.4 Å². The summed E-state index contributed by atoms with van der Waals surface area (Å²) in [5, 5.41) is 0. The lowest BCUT2D eigenvalue weighted by molar-refractivity contribution is -0.151. The zero-order valence-electron chi connectivity index (χ0n) is 10.5. The summed E-state index contributed by atoms with van der Waals surface area (Å²) in [5.74, 6) is -0.0835. The van der Waals surface area contributed by atoms with Gasteiger partial charge in [0.05, 0.1) is 10.9 Å². The predicted octanol–water partition coefficient (Wildman–Crippen LogP) is 3.32. The first-order chi connectivity index (χ1) is 8.70. The van der Waals surface area contributed by atoms with Gasteiger partial charge < -0.3 is 4.74 Å². The number of carbonyl (C=O) groups is 1. The number of likely N-dealkylation sites (tertiary alicyclic amines) is 1. The normalized spacial score (nSPS) is 20.9. The van der Waals surface area contributed by atoms with Gasteiger partial charge in [-0.2, -0.15) is 0 Å². The number of rotatable bonds is 4. The molecule has 0 N–H and O–H groups in total. The average molecular weight is 288 g/mol. The number of nitrogens with zero attached hydrogens (tertiary/aromatic N) is 1. The second-order valence-electron chi connectivity index (χ2n) is 4.44. The van der Waals surface area contributed by atoms with Gasteiger partial charge in [0.2, 0.25) is 0 Å². The van der Waals surface area contributed by atoms with E-state index >= 15 is 0 Å². The van der Waals surface area contributed by atoms with Crippen LogP contribution in [0.5, 0.6) is 0 Å². The minimum absolute atomic E-state index is 0.0835. The molecule has 0 spiro atoms. The minimum atomic E-state index is -0.0837. The summed E-state index contributed by atoms with van der Waals surface area (Å²) < 4.78 is 5.95. The molecule has 0 aliphatic carbocycles. The van der Waals surface area contributed by atoms with E-state index in [2.05, 4.69) is 4.90 Å². The number of carbonyl (C=O) groups excluding carboxylic acids is 1. The highest BCUT2D eigenvalue weighted by atomic mass is 35.5. The van der Waals surface area contributed by atoms with E-state index in [-0.39, 0.29) is 12.0 Å². The largest absolute Gasteiger partial charge is 0.465 e. The molecule has 1 atom stereocenters. The third-order valence-corrected chi connectivity index (χ3v) is 4.38. The highest BCUT2D eigenvalue weighted by Crippen LogP contribution is 2.26. The lowest BCUT2D eigenvalue weighted by Crippen LogP contribution is -2.44. The fraction of sp³-hybridized carbons (Fsp3) is 0.615. The highest BCUT2D eigenvalue weighted by Gasteiger charge is 2.29. The van der Waals surface area contributed by atoms with Gasteiger partial charge in [-0.3, -0.25) is 9.69 Å². The van der Waals surface area contributed by atoms with Gasteiger partial charge in [-0.05, 0) is 38.4 Å². The van der Waals surface area contributed by atoms with E-state index in [1.54, 1.807) is 11.3 Å². The molecule has 0 bridgehead atoms. The number of ether oxygens (including phenoxy) is 1. The first kappa shape index (κ1) is 13.8. The van der Waals surface area contributed by atoms with Crippen molar-refractivity contribution in [2.45, 2.75) is 38.8 Å². The van der Waals surface area contributed by atoms with Crippen LogP contribution in [0.1, 0.15) is 31.1 Å². The Bertz CT molecular complexity index is 407. The van der Waals surface area contributed by atoms with E-state index in [1.807, 2.05) is 19.1 Å². The molecule has 2 rings (SSSR count). The standard InChI is InChI=1S/C13H18ClNO2S/c1-2-17-13(16)11-5-3-4-8-15(11)9-10-6-7-12(14)18-10/h6-7,11H,2-5,8-9H2,1H3. The maximum atomic E-state index is 11.9. The Hall–Kier alpha value is -0.580. The van der Waals surface area contributed by atoms with Crippen molar-refractivity contribution >= 4 is 28.9 Å². The van der Waals surface area contributed by atoms with Crippen molar-refractivity contribution < 1.29 is 9.53 Å². The summed E-state index contributed by atoms with van der Waals surface area (Å²) in [7, 11) is 0. The summed E-state index contributed by atoms with van der Waals surface area (Å²) in [6.07, 6.45) is 3.15. The van der Waals surface area contributed by atoms with Crippen LogP contribution < -0.4 is 0 Å². The lowest BCUT2D eigenvalue weighted by atomic mass is 10.0. The zero-order valence-corrected chi connectivity index (χ0v) is 12.1. The predicted molar refractivity (Wildman–Crippen MR) is 74.0 cm³/mol. The molecule has 1 fully saturated rings. The van der Waals surface area contributed by atoms with E-state index in [0.29, 0.717) is 6.61 Å². The number of thiophene rings is 1. The molecule has 1 aromatic rings. The molecule has 18 heavy (non-hydrogen) atoms. The molecule has 1 unspecified atom stereocenters. The molecule has 1 aliphatic rings. The maximum absolute atomic E-state index is 11.9. The van der Waals surface area contributed by atoms with Crippen molar-refractivity contribution in [1.29, 1.82) is 0 Å². The number of hydrogen-bond donors (Lipinski definition) is 0. The monoisotopic (exact) mass is 287 g/mol. The Balaban J connectivity index is 2.01. The zero-order chi connectivity index (χ0) is 13.0. The van der Waals surface area contributed by atoms with Gasteiger partial charge in [-0.1, -0.05) is 18.0 Å². The molecule has 0 amide bonds. The molecular formula is C13H18ClNO2S. The summed E-state index contributed by atoms with van der Waals surface area (Å²) in [4.78, 5) is 15.3. The number of piperidine rings is 1. The van der Waals surface area contributed by atoms with Gasteiger partial charge in [-0.15, -0.1) is 11.3 Å². The second kappa shape index (κ2) is 6.55. The van der Waals surface area contributed by atoms with Crippen molar-refractivity contribution in [2.75, 3.05) is 13.2 Å². The van der Waals surface area contributed by atoms with Crippen molar-refractivity contribution in [3.8, 4) is 0 Å². The summed E-state index contributed by atoms with van der Waals surface area (Å²) in [5.41, 5.74) is 0. The van der Waals surface area contributed by atoms with Crippen LogP contribution in [0, 0.1) is 0 Å². The third kappa shape index (κ3) is 3.46. The van der Waals surface area contributed by atoms with Gasteiger partial charge in [0.25, 0.3) is 0 Å². The molecular weight excluding hydrogens is 270 g/mol. The Morgan fingerprint density at radius 2 is 2.39 bits per heavy atom. The van der Waals surface area contributed by atoms with Crippen molar-refractivity contribution in [3.63, 3.8) is 0 Å². The Morgan fingerprint density at radius 3 is 3.06 bits per heavy atom. The molecule has 0 radical (unpaired) electrons. The first-order valence-corrected chi connectivity index (χ1v) is 7.55. The Labute approximate surface area is 117 Å². The van der Waals surface area contributed by atoms with Crippen LogP contribution >= 0.6 is 22.9 Å². The smallest absolute Gasteiger partial charge is 0.323 e. The highest BCUT2D eigenvalue weighted by molar-refractivity contribution is 7.16. The minimum Gasteiger partial charge on any atom is -0.465 e. The van der Waals surface area contributed by atoms with Crippen LogP contribution in [0.4, 0.5) is 0 Å². The summed E-state index contributed by atoms with van der Waals surface area (Å²) >= 11 is 7.52. The van der Waals surface area contributed by atoms with E-state index in [9.17, 15) is 4.79 Å². The molecule has 100 valence electrons. The van der Waals surface area contributed by atoms with Crippen molar-refractivity contribution in [3.05, 3.63) is 21.3 Å². The van der Waals surface area contributed by atoms with Gasteiger partial charge >= 0.3 is 5.97 Å². The van der Waals surface area contributed by atoms with Crippen LogP contribution in [0.15, 0.2) is 12.1 Å². The molecule has 1 aliphatic heterocycles. The van der Waals surface area contributed by atoms with Crippen molar-refractivity contribution in [1.82, 2.24) is 4.90 Å². The number of halogens is 1. The molecule has 2 heterocycles. The van der Waals surface area contributed by atoms with Gasteiger partial charge in [0.15, 0.2) is 0 Å². The van der Waals surface area contributed by atoms with Crippen molar-refractivity contribution in [2.24, 2.45) is 0 Å². The Kier molecular flexibility index (Phi) is 5.03. The van der Waals surface area contributed by atoms with Gasteiger partial charge in [0.1, 0.15) is 6.04 Å². The molecule has 1 saturated heterocycles. The Morgan fingerprint density at radius 1 is 1.56 bits per heavy atom. The molecule has 5 heteroatoms. The second-order valence-corrected chi connectivity index (χ2v) is 6.24. The number of esters is 1.